The van der Waals surface area contributed by atoms with Crippen LogP contribution in [0.1, 0.15) is 40.0 Å². The molecule has 0 aromatic heterocycles. The van der Waals surface area contributed by atoms with Gasteiger partial charge in [-0.3, -0.25) is 9.59 Å². The number of Topliss-reactive ketones (excluding diaryl/α,β-unsaturated/α-hetero) is 1. The minimum atomic E-state index is -0.732. The van der Waals surface area contributed by atoms with Crippen molar-refractivity contribution in [3.05, 3.63) is 12.2 Å². The summed E-state index contributed by atoms with van der Waals surface area (Å²) in [5, 5.41) is 0. The molecule has 5 nitrogen and oxygen atoms in total. The third kappa shape index (κ3) is 4.99. The number of allylic oxidation sites excluding steroid dienone is 1. The molecule has 1 unspecified atom stereocenters. The first kappa shape index (κ1) is 17.4. The summed E-state index contributed by atoms with van der Waals surface area (Å²) < 4.78 is 9.86. The summed E-state index contributed by atoms with van der Waals surface area (Å²) in [6.45, 7) is 5.49. The lowest BCUT2D eigenvalue weighted by Gasteiger charge is -2.23. The average molecular weight is 296 g/mol. The van der Waals surface area contributed by atoms with Crippen molar-refractivity contribution in [2.24, 2.45) is 17.8 Å². The van der Waals surface area contributed by atoms with Crippen molar-refractivity contribution in [2.45, 2.75) is 40.0 Å². The second-order valence-corrected chi connectivity index (χ2v) is 5.21. The van der Waals surface area contributed by atoms with Gasteiger partial charge in [0, 0.05) is 6.08 Å². The number of carbonyl (C=O) groups is 3. The molecule has 0 N–H and O–H groups in total. The monoisotopic (exact) mass is 296 g/mol. The normalized spacial score (nSPS) is 23.0. The van der Waals surface area contributed by atoms with Gasteiger partial charge in [0.2, 0.25) is 0 Å². The van der Waals surface area contributed by atoms with Crippen LogP contribution in [0.2, 0.25) is 0 Å². The van der Waals surface area contributed by atoms with E-state index in [1.807, 2.05) is 0 Å². The van der Waals surface area contributed by atoms with E-state index in [0.717, 1.165) is 19.3 Å². The minimum Gasteiger partial charge on any atom is -0.465 e. The van der Waals surface area contributed by atoms with Gasteiger partial charge in [0.05, 0.1) is 13.2 Å². The summed E-state index contributed by atoms with van der Waals surface area (Å²) >= 11 is 0. The highest BCUT2D eigenvalue weighted by molar-refractivity contribution is 5.98. The Bertz CT molecular complexity index is 413. The number of hydrogen-bond donors (Lipinski definition) is 0. The number of ether oxygens (including phenoxy) is 2. The molecular formula is C16H24O5. The van der Waals surface area contributed by atoms with Crippen molar-refractivity contribution in [1.82, 2.24) is 0 Å². The van der Waals surface area contributed by atoms with Crippen LogP contribution in [0.25, 0.3) is 0 Å². The van der Waals surface area contributed by atoms with Crippen molar-refractivity contribution >= 4 is 17.7 Å². The molecule has 0 bridgehead atoms. The molecule has 0 radical (unpaired) electrons. The van der Waals surface area contributed by atoms with Crippen molar-refractivity contribution in [3.63, 3.8) is 0 Å². The average Bonchev–Trinajstić information content (AvgIpc) is 2.85. The summed E-state index contributed by atoms with van der Waals surface area (Å²) in [7, 11) is 0. The third-order valence-corrected chi connectivity index (χ3v) is 3.80. The molecule has 0 aliphatic heterocycles. The zero-order valence-corrected chi connectivity index (χ0v) is 13.0. The predicted molar refractivity (Wildman–Crippen MR) is 77.4 cm³/mol. The van der Waals surface area contributed by atoms with E-state index < -0.39 is 17.9 Å². The number of ketones is 1. The molecule has 5 heteroatoms. The number of hydrogen-bond acceptors (Lipinski definition) is 5. The summed E-state index contributed by atoms with van der Waals surface area (Å²) in [5.41, 5.74) is 0. The molecular weight excluding hydrogens is 272 g/mol. The predicted octanol–water partition coefficient (Wildman–Crippen LogP) is 2.29. The lowest BCUT2D eigenvalue weighted by molar-refractivity contribution is -0.153. The largest absolute Gasteiger partial charge is 0.465 e. The summed E-state index contributed by atoms with van der Waals surface area (Å²) in [5.74, 6) is -1.80. The van der Waals surface area contributed by atoms with Gasteiger partial charge in [0.25, 0.3) is 0 Å². The van der Waals surface area contributed by atoms with Crippen molar-refractivity contribution in [2.75, 3.05) is 13.2 Å². The Morgan fingerprint density at radius 1 is 1.14 bits per heavy atom. The second kappa shape index (κ2) is 8.60. The van der Waals surface area contributed by atoms with Crippen LogP contribution >= 0.6 is 0 Å². The van der Waals surface area contributed by atoms with Crippen LogP contribution in [-0.2, 0) is 23.9 Å². The Kier molecular flexibility index (Phi) is 7.12. The topological polar surface area (TPSA) is 69.7 Å². The van der Waals surface area contributed by atoms with Crippen LogP contribution in [-0.4, -0.2) is 30.9 Å². The molecule has 3 atom stereocenters. The van der Waals surface area contributed by atoms with E-state index in [0.29, 0.717) is 6.61 Å². The first-order valence-corrected chi connectivity index (χ1v) is 7.53. The van der Waals surface area contributed by atoms with Crippen molar-refractivity contribution in [3.8, 4) is 0 Å². The van der Waals surface area contributed by atoms with Crippen LogP contribution in [0.5, 0.6) is 0 Å². The van der Waals surface area contributed by atoms with Gasteiger partial charge in [-0.25, -0.2) is 4.79 Å². The van der Waals surface area contributed by atoms with E-state index in [1.54, 1.807) is 19.9 Å². The molecule has 1 saturated carbocycles. The molecule has 0 saturated heterocycles. The first-order valence-electron chi connectivity index (χ1n) is 7.53. The van der Waals surface area contributed by atoms with Crippen LogP contribution in [0.3, 0.4) is 0 Å². The van der Waals surface area contributed by atoms with Crippen LogP contribution in [0, 0.1) is 17.8 Å². The fourth-order valence-corrected chi connectivity index (χ4v) is 2.94. The van der Waals surface area contributed by atoms with Gasteiger partial charge in [-0.15, -0.1) is 0 Å². The highest BCUT2D eigenvalue weighted by Crippen LogP contribution is 2.39. The maximum Gasteiger partial charge on any atom is 0.330 e. The standard InChI is InChI=1S/C16H24O5/c1-4-20-14(18)10-9-12-7-6-8-13(12)15(11(3)17)16(19)21-5-2/h9-10,12-13,15H,4-8H2,1-3H3/b10-9+/t12-,13+,15?/m0/s1. The van der Waals surface area contributed by atoms with E-state index in [4.69, 9.17) is 9.47 Å². The van der Waals surface area contributed by atoms with Crippen LogP contribution in [0.15, 0.2) is 12.2 Å². The zero-order chi connectivity index (χ0) is 15.8. The Balaban J connectivity index is 2.80. The van der Waals surface area contributed by atoms with E-state index in [1.165, 1.54) is 13.0 Å². The SMILES string of the molecule is CCOC(=O)/C=C/[C@@H]1CCC[C@H]1C(C(C)=O)C(=O)OCC. The minimum absolute atomic E-state index is 0.0349. The molecule has 0 amide bonds. The van der Waals surface area contributed by atoms with E-state index in [9.17, 15) is 14.4 Å². The fourth-order valence-electron chi connectivity index (χ4n) is 2.94. The van der Waals surface area contributed by atoms with E-state index in [-0.39, 0.29) is 24.2 Å². The fraction of sp³-hybridized carbons (Fsp3) is 0.688. The second-order valence-electron chi connectivity index (χ2n) is 5.21. The highest BCUT2D eigenvalue weighted by atomic mass is 16.5. The van der Waals surface area contributed by atoms with Gasteiger partial charge in [-0.1, -0.05) is 12.5 Å². The molecule has 1 aliphatic rings. The molecule has 118 valence electrons. The van der Waals surface area contributed by atoms with Crippen LogP contribution in [0.4, 0.5) is 0 Å². The maximum absolute atomic E-state index is 12.0. The summed E-state index contributed by atoms with van der Waals surface area (Å²) in [6, 6.07) is 0. The lowest BCUT2D eigenvalue weighted by Crippen LogP contribution is -2.33. The Hall–Kier alpha value is -1.65. The molecule has 21 heavy (non-hydrogen) atoms. The quantitative estimate of drug-likeness (QED) is 0.409. The first-order chi connectivity index (χ1) is 10.0. The number of carbonyl (C=O) groups excluding carboxylic acids is 3. The molecule has 0 aromatic rings. The molecule has 0 aromatic carbocycles. The summed E-state index contributed by atoms with van der Waals surface area (Å²) in [4.78, 5) is 35.2. The van der Waals surface area contributed by atoms with E-state index in [2.05, 4.69) is 0 Å². The Morgan fingerprint density at radius 2 is 1.81 bits per heavy atom. The molecule has 1 rings (SSSR count). The number of esters is 2. The van der Waals surface area contributed by atoms with Crippen molar-refractivity contribution in [1.29, 1.82) is 0 Å². The van der Waals surface area contributed by atoms with Gasteiger partial charge in [-0.2, -0.15) is 0 Å². The Morgan fingerprint density at radius 3 is 2.38 bits per heavy atom. The van der Waals surface area contributed by atoms with Crippen LogP contribution < -0.4 is 0 Å². The van der Waals surface area contributed by atoms with Gasteiger partial charge in [-0.05, 0) is 45.4 Å². The highest BCUT2D eigenvalue weighted by Gasteiger charge is 2.40. The maximum atomic E-state index is 12.0. The number of rotatable bonds is 7. The third-order valence-electron chi connectivity index (χ3n) is 3.80. The molecule has 0 spiro atoms. The van der Waals surface area contributed by atoms with Gasteiger partial charge in [0.1, 0.15) is 11.7 Å². The lowest BCUT2D eigenvalue weighted by atomic mass is 9.81. The van der Waals surface area contributed by atoms with E-state index >= 15 is 0 Å². The molecule has 1 aliphatic carbocycles. The van der Waals surface area contributed by atoms with Crippen molar-refractivity contribution < 1.29 is 23.9 Å². The molecule has 0 heterocycles. The van der Waals surface area contributed by atoms with Gasteiger partial charge >= 0.3 is 11.9 Å². The van der Waals surface area contributed by atoms with Gasteiger partial charge < -0.3 is 9.47 Å². The smallest absolute Gasteiger partial charge is 0.330 e. The Labute approximate surface area is 125 Å². The zero-order valence-electron chi connectivity index (χ0n) is 13.0. The summed E-state index contributed by atoms with van der Waals surface area (Å²) in [6.07, 6.45) is 5.76. The molecule has 1 fully saturated rings. The van der Waals surface area contributed by atoms with Gasteiger partial charge in [0.15, 0.2) is 0 Å².